The molecule has 0 amide bonds. The van der Waals surface area contributed by atoms with Gasteiger partial charge in [0.05, 0.1) is 5.69 Å². The van der Waals surface area contributed by atoms with E-state index in [2.05, 4.69) is 16.7 Å². The zero-order valence-corrected chi connectivity index (χ0v) is 10.1. The van der Waals surface area contributed by atoms with Crippen molar-refractivity contribution < 1.29 is 0 Å². The first-order valence-corrected chi connectivity index (χ1v) is 6.46. The molecule has 1 heterocycles. The Hall–Kier alpha value is -0.840. The Bertz CT molecular complexity index is 338. The standard InChI is InChI=1S/C10H18N4S/c1-14-6-8(11)9(13-14)12-7-10(15-2)4-3-5-10/h6H,3-5,7,11H2,1-2H3,(H,12,13). The van der Waals surface area contributed by atoms with Crippen molar-refractivity contribution in [3.8, 4) is 0 Å². The molecule has 0 saturated heterocycles. The van der Waals surface area contributed by atoms with Crippen molar-refractivity contribution in [3.05, 3.63) is 6.20 Å². The summed E-state index contributed by atoms with van der Waals surface area (Å²) >= 11 is 1.95. The summed E-state index contributed by atoms with van der Waals surface area (Å²) in [5.41, 5.74) is 6.55. The van der Waals surface area contributed by atoms with Gasteiger partial charge in [0.2, 0.25) is 0 Å². The molecule has 1 aliphatic rings. The van der Waals surface area contributed by atoms with Crippen LogP contribution in [0, 0.1) is 0 Å². The van der Waals surface area contributed by atoms with Gasteiger partial charge >= 0.3 is 0 Å². The quantitative estimate of drug-likeness (QED) is 0.820. The first kappa shape index (κ1) is 10.7. The lowest BCUT2D eigenvalue weighted by Gasteiger charge is -2.40. The molecule has 0 spiro atoms. The summed E-state index contributed by atoms with van der Waals surface area (Å²) in [6.45, 7) is 0.968. The van der Waals surface area contributed by atoms with Gasteiger partial charge in [-0.2, -0.15) is 16.9 Å². The highest BCUT2D eigenvalue weighted by Gasteiger charge is 2.36. The third-order valence-electron chi connectivity index (χ3n) is 3.13. The molecule has 1 aliphatic carbocycles. The van der Waals surface area contributed by atoms with Crippen molar-refractivity contribution in [1.29, 1.82) is 0 Å². The van der Waals surface area contributed by atoms with Gasteiger partial charge in [-0.3, -0.25) is 4.68 Å². The third-order valence-corrected chi connectivity index (χ3v) is 4.55. The van der Waals surface area contributed by atoms with Crippen LogP contribution in [0.1, 0.15) is 19.3 Å². The number of aryl methyl sites for hydroxylation is 1. The average molecular weight is 226 g/mol. The molecule has 2 rings (SSSR count). The second kappa shape index (κ2) is 3.96. The molecule has 0 aliphatic heterocycles. The summed E-state index contributed by atoms with van der Waals surface area (Å²) in [6, 6.07) is 0. The first-order valence-electron chi connectivity index (χ1n) is 5.23. The van der Waals surface area contributed by atoms with Gasteiger partial charge in [0.15, 0.2) is 5.82 Å². The molecule has 84 valence electrons. The summed E-state index contributed by atoms with van der Waals surface area (Å²) in [5, 5.41) is 7.63. The molecule has 4 nitrogen and oxygen atoms in total. The zero-order valence-electron chi connectivity index (χ0n) is 9.29. The molecule has 0 atom stereocenters. The van der Waals surface area contributed by atoms with E-state index in [1.165, 1.54) is 19.3 Å². The molecule has 1 aromatic heterocycles. The Morgan fingerprint density at radius 3 is 2.80 bits per heavy atom. The summed E-state index contributed by atoms with van der Waals surface area (Å²) in [4.78, 5) is 0. The van der Waals surface area contributed by atoms with Crippen LogP contribution in [0.4, 0.5) is 11.5 Å². The lowest BCUT2D eigenvalue weighted by molar-refractivity contribution is 0.379. The van der Waals surface area contributed by atoms with Gasteiger partial charge < -0.3 is 11.1 Å². The Morgan fingerprint density at radius 2 is 2.40 bits per heavy atom. The van der Waals surface area contributed by atoms with Crippen molar-refractivity contribution in [2.45, 2.75) is 24.0 Å². The van der Waals surface area contributed by atoms with Crippen LogP contribution in [-0.4, -0.2) is 27.3 Å². The lowest BCUT2D eigenvalue weighted by Crippen LogP contribution is -2.40. The predicted octanol–water partition coefficient (Wildman–Crippen LogP) is 1.70. The summed E-state index contributed by atoms with van der Waals surface area (Å²) in [6.07, 6.45) is 7.96. The number of hydrogen-bond acceptors (Lipinski definition) is 4. The van der Waals surface area contributed by atoms with E-state index < -0.39 is 0 Å². The first-order chi connectivity index (χ1) is 7.15. The van der Waals surface area contributed by atoms with Gasteiger partial charge in [0.25, 0.3) is 0 Å². The number of rotatable bonds is 4. The fourth-order valence-electron chi connectivity index (χ4n) is 1.91. The van der Waals surface area contributed by atoms with E-state index in [0.717, 1.165) is 18.1 Å². The molecule has 3 N–H and O–H groups in total. The highest BCUT2D eigenvalue weighted by molar-refractivity contribution is 8.00. The van der Waals surface area contributed by atoms with E-state index in [1.807, 2.05) is 25.0 Å². The maximum Gasteiger partial charge on any atom is 0.171 e. The smallest absolute Gasteiger partial charge is 0.171 e. The number of nitrogens with one attached hydrogen (secondary N) is 1. The normalized spacial score (nSPS) is 18.5. The summed E-state index contributed by atoms with van der Waals surface area (Å²) in [7, 11) is 1.88. The van der Waals surface area contributed by atoms with E-state index in [9.17, 15) is 0 Å². The van der Waals surface area contributed by atoms with E-state index in [0.29, 0.717) is 4.75 Å². The lowest BCUT2D eigenvalue weighted by atomic mass is 9.84. The molecule has 0 aromatic carbocycles. The van der Waals surface area contributed by atoms with Gasteiger partial charge in [-0.05, 0) is 19.1 Å². The summed E-state index contributed by atoms with van der Waals surface area (Å²) in [5.74, 6) is 0.817. The number of anilines is 2. The van der Waals surface area contributed by atoms with Gasteiger partial charge in [-0.25, -0.2) is 0 Å². The molecule has 1 fully saturated rings. The molecule has 1 saturated carbocycles. The number of nitrogens with two attached hydrogens (primary N) is 1. The average Bonchev–Trinajstić information content (AvgIpc) is 2.44. The Balaban J connectivity index is 1.95. The van der Waals surface area contributed by atoms with Crippen molar-refractivity contribution >= 4 is 23.3 Å². The van der Waals surface area contributed by atoms with Crippen LogP contribution in [0.15, 0.2) is 6.20 Å². The van der Waals surface area contributed by atoms with E-state index >= 15 is 0 Å². The molecular formula is C10H18N4S. The van der Waals surface area contributed by atoms with Crippen LogP contribution in [0.5, 0.6) is 0 Å². The van der Waals surface area contributed by atoms with Gasteiger partial charge in [0.1, 0.15) is 0 Å². The fraction of sp³-hybridized carbons (Fsp3) is 0.700. The van der Waals surface area contributed by atoms with Crippen molar-refractivity contribution in [1.82, 2.24) is 9.78 Å². The van der Waals surface area contributed by atoms with Crippen LogP contribution in [-0.2, 0) is 7.05 Å². The molecule has 0 bridgehead atoms. The minimum atomic E-state index is 0.421. The monoisotopic (exact) mass is 226 g/mol. The third kappa shape index (κ3) is 2.07. The molecule has 0 unspecified atom stereocenters. The van der Waals surface area contributed by atoms with E-state index in [-0.39, 0.29) is 0 Å². The zero-order chi connectivity index (χ0) is 10.9. The van der Waals surface area contributed by atoms with Gasteiger partial charge in [-0.1, -0.05) is 6.42 Å². The number of nitrogens with zero attached hydrogens (tertiary/aromatic N) is 2. The van der Waals surface area contributed by atoms with Crippen LogP contribution < -0.4 is 11.1 Å². The topological polar surface area (TPSA) is 55.9 Å². The van der Waals surface area contributed by atoms with Crippen molar-refractivity contribution in [2.75, 3.05) is 23.9 Å². The second-order valence-electron chi connectivity index (χ2n) is 4.20. The van der Waals surface area contributed by atoms with Crippen LogP contribution >= 0.6 is 11.8 Å². The molecular weight excluding hydrogens is 208 g/mol. The minimum absolute atomic E-state index is 0.421. The van der Waals surface area contributed by atoms with Crippen molar-refractivity contribution in [3.63, 3.8) is 0 Å². The van der Waals surface area contributed by atoms with Gasteiger partial charge in [-0.15, -0.1) is 0 Å². The van der Waals surface area contributed by atoms with Crippen molar-refractivity contribution in [2.24, 2.45) is 7.05 Å². The minimum Gasteiger partial charge on any atom is -0.394 e. The Labute approximate surface area is 94.6 Å². The van der Waals surface area contributed by atoms with Crippen LogP contribution in [0.2, 0.25) is 0 Å². The molecule has 0 radical (unpaired) electrons. The van der Waals surface area contributed by atoms with Gasteiger partial charge in [0, 0.05) is 24.5 Å². The Morgan fingerprint density at radius 1 is 1.67 bits per heavy atom. The van der Waals surface area contributed by atoms with Crippen LogP contribution in [0.3, 0.4) is 0 Å². The fourth-order valence-corrected chi connectivity index (χ4v) is 2.83. The summed E-state index contributed by atoms with van der Waals surface area (Å²) < 4.78 is 2.16. The maximum atomic E-state index is 5.82. The molecule has 1 aromatic rings. The Kier molecular flexibility index (Phi) is 2.82. The molecule has 5 heteroatoms. The molecule has 15 heavy (non-hydrogen) atoms. The number of aromatic nitrogens is 2. The van der Waals surface area contributed by atoms with E-state index in [1.54, 1.807) is 4.68 Å². The number of nitrogen functional groups attached to an aromatic ring is 1. The largest absolute Gasteiger partial charge is 0.394 e. The SMILES string of the molecule is CSC1(CNc2nn(C)cc2N)CCC1. The number of hydrogen-bond donors (Lipinski definition) is 2. The maximum absolute atomic E-state index is 5.82. The highest BCUT2D eigenvalue weighted by atomic mass is 32.2. The second-order valence-corrected chi connectivity index (χ2v) is 5.48. The van der Waals surface area contributed by atoms with E-state index in [4.69, 9.17) is 5.73 Å². The van der Waals surface area contributed by atoms with Crippen LogP contribution in [0.25, 0.3) is 0 Å². The number of thioether (sulfide) groups is 1. The highest BCUT2D eigenvalue weighted by Crippen LogP contribution is 2.42. The predicted molar refractivity (Wildman–Crippen MR) is 66.2 cm³/mol.